The summed E-state index contributed by atoms with van der Waals surface area (Å²) in [5, 5.41) is 8.32. The Morgan fingerprint density at radius 1 is 1.04 bits per heavy atom. The predicted molar refractivity (Wildman–Crippen MR) is 90.9 cm³/mol. The second-order valence-corrected chi connectivity index (χ2v) is 8.71. The first kappa shape index (κ1) is 15.8. The molecule has 0 atom stereocenters. The summed E-state index contributed by atoms with van der Waals surface area (Å²) in [6.45, 7) is 1.14. The van der Waals surface area contributed by atoms with Crippen LogP contribution in [0.2, 0.25) is 0 Å². The maximum Gasteiger partial charge on any atom is 0.218 e. The van der Waals surface area contributed by atoms with Crippen LogP contribution in [0, 0.1) is 0 Å². The fourth-order valence-corrected chi connectivity index (χ4v) is 5.00. The molecular weight excluding hydrogens is 324 g/mol. The van der Waals surface area contributed by atoms with E-state index in [0.29, 0.717) is 25.0 Å². The molecule has 1 saturated carbocycles. The zero-order valence-corrected chi connectivity index (χ0v) is 14.4. The van der Waals surface area contributed by atoms with Crippen LogP contribution in [-0.2, 0) is 15.8 Å². The van der Waals surface area contributed by atoms with Gasteiger partial charge in [0.05, 0.1) is 5.75 Å². The molecule has 1 saturated heterocycles. The Labute approximate surface area is 142 Å². The van der Waals surface area contributed by atoms with Crippen LogP contribution < -0.4 is 0 Å². The van der Waals surface area contributed by atoms with Crippen LogP contribution in [-0.4, -0.2) is 40.6 Å². The molecule has 0 amide bonds. The summed E-state index contributed by atoms with van der Waals surface area (Å²) >= 11 is 0. The topological polar surface area (TPSA) is 68.1 Å². The van der Waals surface area contributed by atoms with Crippen molar-refractivity contribution in [2.75, 3.05) is 13.1 Å². The summed E-state index contributed by atoms with van der Waals surface area (Å²) in [4.78, 5) is 0. The Morgan fingerprint density at radius 2 is 1.75 bits per heavy atom. The Bertz CT molecular complexity index is 791. The zero-order valence-electron chi connectivity index (χ0n) is 13.6. The van der Waals surface area contributed by atoms with Crippen LogP contribution in [0.25, 0.3) is 0 Å². The Hall–Kier alpha value is -1.73. The molecule has 4 rings (SSSR count). The van der Waals surface area contributed by atoms with Gasteiger partial charge in [-0.25, -0.2) is 12.7 Å². The molecule has 1 aromatic heterocycles. The van der Waals surface area contributed by atoms with Crippen molar-refractivity contribution in [1.82, 2.24) is 19.1 Å². The molecule has 1 aliphatic heterocycles. The van der Waals surface area contributed by atoms with E-state index in [1.165, 1.54) is 12.8 Å². The minimum atomic E-state index is -3.25. The largest absolute Gasteiger partial charge is 0.314 e. The van der Waals surface area contributed by atoms with E-state index in [4.69, 9.17) is 0 Å². The number of sulfonamides is 1. The quantitative estimate of drug-likeness (QED) is 0.833. The summed E-state index contributed by atoms with van der Waals surface area (Å²) in [6, 6.07) is 9.70. The minimum Gasteiger partial charge on any atom is -0.314 e. The SMILES string of the molecule is O=S(=O)(Cc1ccccc1)N1CCC(n2cnnc2C2CC2)CC1. The fourth-order valence-electron chi connectivity index (χ4n) is 3.44. The summed E-state index contributed by atoms with van der Waals surface area (Å²) in [5.41, 5.74) is 0.842. The van der Waals surface area contributed by atoms with Gasteiger partial charge in [0.15, 0.2) is 0 Å². The van der Waals surface area contributed by atoms with Crippen molar-refractivity contribution in [2.45, 2.75) is 43.4 Å². The lowest BCUT2D eigenvalue weighted by Crippen LogP contribution is -2.39. The van der Waals surface area contributed by atoms with E-state index in [1.54, 1.807) is 4.31 Å². The first-order chi connectivity index (χ1) is 11.6. The molecule has 0 unspecified atom stereocenters. The highest BCUT2D eigenvalue weighted by Gasteiger charge is 2.33. The van der Waals surface area contributed by atoms with Crippen LogP contribution in [0.1, 0.15) is 49.0 Å². The van der Waals surface area contributed by atoms with Crippen molar-refractivity contribution < 1.29 is 8.42 Å². The van der Waals surface area contributed by atoms with Crippen LogP contribution in [0.5, 0.6) is 0 Å². The molecule has 2 heterocycles. The van der Waals surface area contributed by atoms with Crippen molar-refractivity contribution in [3.05, 3.63) is 48.0 Å². The Kier molecular flexibility index (Phi) is 4.14. The summed E-state index contributed by atoms with van der Waals surface area (Å²) < 4.78 is 29.1. The van der Waals surface area contributed by atoms with E-state index in [1.807, 2.05) is 36.7 Å². The standard InChI is InChI=1S/C17H22N4O2S/c22-24(23,12-14-4-2-1-3-5-14)20-10-8-16(9-11-20)21-13-18-19-17(21)15-6-7-15/h1-5,13,15-16H,6-12H2. The van der Waals surface area contributed by atoms with Gasteiger partial charge in [-0.15, -0.1) is 10.2 Å². The molecule has 2 fully saturated rings. The first-order valence-corrected chi connectivity index (χ1v) is 10.2. The highest BCUT2D eigenvalue weighted by atomic mass is 32.2. The molecule has 6 nitrogen and oxygen atoms in total. The van der Waals surface area contributed by atoms with Gasteiger partial charge in [-0.05, 0) is 31.2 Å². The van der Waals surface area contributed by atoms with Crippen molar-refractivity contribution >= 4 is 10.0 Å². The molecule has 2 aromatic rings. The maximum atomic E-state index is 12.6. The molecule has 7 heteroatoms. The highest BCUT2D eigenvalue weighted by molar-refractivity contribution is 7.88. The van der Waals surface area contributed by atoms with E-state index in [-0.39, 0.29) is 5.75 Å². The molecule has 1 aromatic carbocycles. The lowest BCUT2D eigenvalue weighted by molar-refractivity contribution is 0.270. The Balaban J connectivity index is 1.41. The molecule has 0 radical (unpaired) electrons. The van der Waals surface area contributed by atoms with E-state index >= 15 is 0 Å². The Morgan fingerprint density at radius 3 is 2.42 bits per heavy atom. The number of hydrogen-bond acceptors (Lipinski definition) is 4. The number of piperidine rings is 1. The third-order valence-electron chi connectivity index (χ3n) is 4.95. The number of rotatable bonds is 5. The molecule has 2 aliphatic rings. The van der Waals surface area contributed by atoms with Gasteiger partial charge in [0.25, 0.3) is 0 Å². The summed E-state index contributed by atoms with van der Waals surface area (Å²) in [5.74, 6) is 1.73. The van der Waals surface area contributed by atoms with Gasteiger partial charge >= 0.3 is 0 Å². The van der Waals surface area contributed by atoms with Crippen LogP contribution in [0.15, 0.2) is 36.7 Å². The average Bonchev–Trinajstić information content (AvgIpc) is 3.32. The number of benzene rings is 1. The summed E-state index contributed by atoms with van der Waals surface area (Å²) in [7, 11) is -3.25. The van der Waals surface area contributed by atoms with Gasteiger partial charge < -0.3 is 4.57 Å². The molecule has 0 N–H and O–H groups in total. The number of hydrogen-bond donors (Lipinski definition) is 0. The number of nitrogens with zero attached hydrogens (tertiary/aromatic N) is 4. The van der Waals surface area contributed by atoms with Crippen molar-refractivity contribution in [2.24, 2.45) is 0 Å². The van der Waals surface area contributed by atoms with Crippen molar-refractivity contribution in [3.8, 4) is 0 Å². The first-order valence-electron chi connectivity index (χ1n) is 8.54. The van der Waals surface area contributed by atoms with E-state index < -0.39 is 10.0 Å². The minimum absolute atomic E-state index is 0.0818. The molecule has 128 valence electrons. The fraction of sp³-hybridized carbons (Fsp3) is 0.529. The van der Waals surface area contributed by atoms with E-state index in [9.17, 15) is 8.42 Å². The third-order valence-corrected chi connectivity index (χ3v) is 6.80. The van der Waals surface area contributed by atoms with Gasteiger partial charge in [-0.3, -0.25) is 0 Å². The molecule has 1 aliphatic carbocycles. The van der Waals surface area contributed by atoms with Gasteiger partial charge in [-0.2, -0.15) is 0 Å². The zero-order chi connectivity index (χ0) is 16.6. The monoisotopic (exact) mass is 346 g/mol. The molecule has 0 bridgehead atoms. The molecule has 24 heavy (non-hydrogen) atoms. The normalized spacial score (nSPS) is 20.3. The lowest BCUT2D eigenvalue weighted by atomic mass is 10.1. The highest BCUT2D eigenvalue weighted by Crippen LogP contribution is 2.40. The van der Waals surface area contributed by atoms with Gasteiger partial charge in [0, 0.05) is 25.0 Å². The third kappa shape index (κ3) is 3.23. The van der Waals surface area contributed by atoms with Crippen molar-refractivity contribution in [1.29, 1.82) is 0 Å². The van der Waals surface area contributed by atoms with Crippen LogP contribution in [0.3, 0.4) is 0 Å². The second-order valence-electron chi connectivity index (χ2n) is 6.74. The number of aromatic nitrogens is 3. The molecule has 0 spiro atoms. The smallest absolute Gasteiger partial charge is 0.218 e. The van der Waals surface area contributed by atoms with Gasteiger partial charge in [0.1, 0.15) is 12.2 Å². The van der Waals surface area contributed by atoms with Gasteiger partial charge in [-0.1, -0.05) is 30.3 Å². The van der Waals surface area contributed by atoms with E-state index in [0.717, 1.165) is 24.2 Å². The maximum absolute atomic E-state index is 12.6. The van der Waals surface area contributed by atoms with E-state index in [2.05, 4.69) is 14.8 Å². The lowest BCUT2D eigenvalue weighted by Gasteiger charge is -2.32. The molecular formula is C17H22N4O2S. The van der Waals surface area contributed by atoms with Crippen molar-refractivity contribution in [3.63, 3.8) is 0 Å². The summed E-state index contributed by atoms with van der Waals surface area (Å²) in [6.07, 6.45) is 5.86. The van der Waals surface area contributed by atoms with Crippen LogP contribution >= 0.6 is 0 Å². The second kappa shape index (κ2) is 6.29. The van der Waals surface area contributed by atoms with Gasteiger partial charge in [0.2, 0.25) is 10.0 Å². The van der Waals surface area contributed by atoms with Crippen LogP contribution in [0.4, 0.5) is 0 Å². The predicted octanol–water partition coefficient (Wildman–Crippen LogP) is 2.32. The average molecular weight is 346 g/mol.